The molecule has 1 heterocycles. The largest absolute Gasteiger partial charge is 0.481 e. The van der Waals surface area contributed by atoms with Gasteiger partial charge in [-0.1, -0.05) is 5.57 Å². The molecule has 1 N–H and O–H groups in total. The summed E-state index contributed by atoms with van der Waals surface area (Å²) in [6, 6.07) is 0. The molecule has 4 nitrogen and oxygen atoms in total. The maximum atomic E-state index is 12.2. The third-order valence-electron chi connectivity index (χ3n) is 3.88. The first-order valence-electron chi connectivity index (χ1n) is 6.30. The van der Waals surface area contributed by atoms with Crippen molar-refractivity contribution in [3.63, 3.8) is 0 Å². The van der Waals surface area contributed by atoms with Crippen molar-refractivity contribution >= 4 is 11.9 Å². The molecule has 0 aromatic carbocycles. The molecule has 0 spiro atoms. The van der Waals surface area contributed by atoms with E-state index in [1.54, 1.807) is 4.90 Å². The average molecular weight is 237 g/mol. The predicted molar refractivity (Wildman–Crippen MR) is 63.5 cm³/mol. The number of rotatable bonds is 2. The molecule has 2 aliphatic rings. The van der Waals surface area contributed by atoms with E-state index < -0.39 is 5.97 Å². The van der Waals surface area contributed by atoms with Crippen LogP contribution in [0.2, 0.25) is 0 Å². The quantitative estimate of drug-likeness (QED) is 0.745. The van der Waals surface area contributed by atoms with Crippen LogP contribution in [0.3, 0.4) is 0 Å². The molecule has 1 aliphatic carbocycles. The zero-order valence-electron chi connectivity index (χ0n) is 10.2. The highest BCUT2D eigenvalue weighted by Gasteiger charge is 2.31. The smallest absolute Gasteiger partial charge is 0.308 e. The summed E-state index contributed by atoms with van der Waals surface area (Å²) >= 11 is 0. The average Bonchev–Trinajstić information content (AvgIpc) is 2.97. The number of allylic oxidation sites excluding steroid dienone is 1. The van der Waals surface area contributed by atoms with Gasteiger partial charge in [0.25, 0.3) is 0 Å². The summed E-state index contributed by atoms with van der Waals surface area (Å²) < 4.78 is 0. The zero-order chi connectivity index (χ0) is 12.4. The van der Waals surface area contributed by atoms with Gasteiger partial charge in [0.05, 0.1) is 5.92 Å². The number of amides is 1. The first-order valence-corrected chi connectivity index (χ1v) is 6.30. The van der Waals surface area contributed by atoms with Crippen LogP contribution < -0.4 is 0 Å². The predicted octanol–water partition coefficient (Wildman–Crippen LogP) is 1.81. The van der Waals surface area contributed by atoms with Gasteiger partial charge in [-0.3, -0.25) is 9.59 Å². The fourth-order valence-corrected chi connectivity index (χ4v) is 2.71. The fraction of sp³-hybridized carbons (Fsp3) is 0.692. The van der Waals surface area contributed by atoms with Crippen molar-refractivity contribution in [2.45, 2.75) is 39.0 Å². The summed E-state index contributed by atoms with van der Waals surface area (Å²) in [4.78, 5) is 24.7. The zero-order valence-corrected chi connectivity index (χ0v) is 10.2. The van der Waals surface area contributed by atoms with Crippen LogP contribution in [0.25, 0.3) is 0 Å². The standard InChI is InChI=1S/C13H19NO3/c1-9(10-4-2-3-5-10)12(15)14-7-6-11(8-14)13(16)17/h11H,2-8H2,1H3,(H,16,17). The Morgan fingerprint density at radius 3 is 2.47 bits per heavy atom. The van der Waals surface area contributed by atoms with Crippen molar-refractivity contribution in [1.82, 2.24) is 4.90 Å². The normalized spacial score (nSPS) is 24.2. The molecule has 1 aliphatic heterocycles. The van der Waals surface area contributed by atoms with Gasteiger partial charge < -0.3 is 10.0 Å². The SMILES string of the molecule is CC(C(=O)N1CCC(C(=O)O)C1)=C1CCCC1. The molecule has 1 amide bonds. The molecule has 1 saturated heterocycles. The molecule has 1 unspecified atom stereocenters. The highest BCUT2D eigenvalue weighted by Crippen LogP contribution is 2.28. The highest BCUT2D eigenvalue weighted by molar-refractivity contribution is 5.94. The Balaban J connectivity index is 2.02. The topological polar surface area (TPSA) is 57.6 Å². The van der Waals surface area contributed by atoms with Gasteiger partial charge in [-0.25, -0.2) is 0 Å². The van der Waals surface area contributed by atoms with E-state index in [9.17, 15) is 9.59 Å². The molecular weight excluding hydrogens is 218 g/mol. The second-order valence-electron chi connectivity index (χ2n) is 5.01. The lowest BCUT2D eigenvalue weighted by molar-refractivity contribution is -0.141. The van der Waals surface area contributed by atoms with Crippen LogP contribution in [0.15, 0.2) is 11.1 Å². The molecular formula is C13H19NO3. The minimum atomic E-state index is -0.786. The third-order valence-corrected chi connectivity index (χ3v) is 3.88. The van der Waals surface area contributed by atoms with Gasteiger partial charge in [0, 0.05) is 18.7 Å². The summed E-state index contributed by atoms with van der Waals surface area (Å²) in [6.07, 6.45) is 5.01. The number of carbonyl (C=O) groups excluding carboxylic acids is 1. The summed E-state index contributed by atoms with van der Waals surface area (Å²) in [7, 11) is 0. The maximum Gasteiger partial charge on any atom is 0.308 e. The second kappa shape index (κ2) is 4.90. The Kier molecular flexibility index (Phi) is 3.50. The van der Waals surface area contributed by atoms with E-state index in [2.05, 4.69) is 0 Å². The van der Waals surface area contributed by atoms with Gasteiger partial charge in [0.15, 0.2) is 0 Å². The van der Waals surface area contributed by atoms with Crippen LogP contribution in [-0.2, 0) is 9.59 Å². The van der Waals surface area contributed by atoms with Gasteiger partial charge in [-0.2, -0.15) is 0 Å². The Bertz CT molecular complexity index is 365. The molecule has 17 heavy (non-hydrogen) atoms. The lowest BCUT2D eigenvalue weighted by atomic mass is 10.1. The molecule has 0 aromatic rings. The van der Waals surface area contributed by atoms with Crippen LogP contribution in [0, 0.1) is 5.92 Å². The van der Waals surface area contributed by atoms with Crippen molar-refractivity contribution < 1.29 is 14.7 Å². The van der Waals surface area contributed by atoms with Crippen LogP contribution in [-0.4, -0.2) is 35.0 Å². The first kappa shape index (κ1) is 12.1. The van der Waals surface area contributed by atoms with E-state index >= 15 is 0 Å². The fourth-order valence-electron chi connectivity index (χ4n) is 2.71. The summed E-state index contributed by atoms with van der Waals surface area (Å²) in [5.74, 6) is -1.11. The van der Waals surface area contributed by atoms with Crippen LogP contribution >= 0.6 is 0 Å². The third kappa shape index (κ3) is 2.51. The number of hydrogen-bond donors (Lipinski definition) is 1. The molecule has 4 heteroatoms. The van der Waals surface area contributed by atoms with E-state index in [1.807, 2.05) is 6.92 Å². The van der Waals surface area contributed by atoms with E-state index in [4.69, 9.17) is 5.11 Å². The number of carbonyl (C=O) groups is 2. The monoisotopic (exact) mass is 237 g/mol. The molecule has 2 rings (SSSR count). The molecule has 0 bridgehead atoms. The van der Waals surface area contributed by atoms with Crippen molar-refractivity contribution in [1.29, 1.82) is 0 Å². The van der Waals surface area contributed by atoms with Crippen molar-refractivity contribution in [2.24, 2.45) is 5.92 Å². The number of hydrogen-bond acceptors (Lipinski definition) is 2. The minimum Gasteiger partial charge on any atom is -0.481 e. The Morgan fingerprint density at radius 2 is 1.94 bits per heavy atom. The molecule has 2 fully saturated rings. The highest BCUT2D eigenvalue weighted by atomic mass is 16.4. The van der Waals surface area contributed by atoms with E-state index in [0.29, 0.717) is 19.5 Å². The number of aliphatic carboxylic acids is 1. The lowest BCUT2D eigenvalue weighted by Gasteiger charge is -2.17. The van der Waals surface area contributed by atoms with Gasteiger partial charge in [0.1, 0.15) is 0 Å². The number of carboxylic acids is 1. The van der Waals surface area contributed by atoms with Gasteiger partial charge in [0.2, 0.25) is 5.91 Å². The van der Waals surface area contributed by atoms with Crippen molar-refractivity contribution in [3.8, 4) is 0 Å². The number of carboxylic acid groups (broad SMARTS) is 1. The number of nitrogens with zero attached hydrogens (tertiary/aromatic N) is 1. The Labute approximate surface area is 101 Å². The molecule has 94 valence electrons. The molecule has 1 saturated carbocycles. The van der Waals surface area contributed by atoms with Crippen molar-refractivity contribution in [2.75, 3.05) is 13.1 Å². The van der Waals surface area contributed by atoms with E-state index in [0.717, 1.165) is 18.4 Å². The second-order valence-corrected chi connectivity index (χ2v) is 5.01. The lowest BCUT2D eigenvalue weighted by Crippen LogP contribution is -2.30. The Morgan fingerprint density at radius 1 is 1.29 bits per heavy atom. The van der Waals surface area contributed by atoms with Gasteiger partial charge >= 0.3 is 5.97 Å². The summed E-state index contributed by atoms with van der Waals surface area (Å²) in [6.45, 7) is 2.84. The van der Waals surface area contributed by atoms with E-state index in [1.165, 1.54) is 18.4 Å². The van der Waals surface area contributed by atoms with E-state index in [-0.39, 0.29) is 11.8 Å². The van der Waals surface area contributed by atoms with Crippen LogP contribution in [0.5, 0.6) is 0 Å². The van der Waals surface area contributed by atoms with Gasteiger partial charge in [-0.15, -0.1) is 0 Å². The van der Waals surface area contributed by atoms with Gasteiger partial charge in [-0.05, 0) is 39.0 Å². The molecule has 0 aromatic heterocycles. The minimum absolute atomic E-state index is 0.0469. The molecule has 1 atom stereocenters. The molecule has 0 radical (unpaired) electrons. The van der Waals surface area contributed by atoms with Crippen LogP contribution in [0.4, 0.5) is 0 Å². The van der Waals surface area contributed by atoms with Crippen molar-refractivity contribution in [3.05, 3.63) is 11.1 Å². The maximum absolute atomic E-state index is 12.2. The summed E-state index contributed by atoms with van der Waals surface area (Å²) in [5.41, 5.74) is 2.13. The number of likely N-dealkylation sites (tertiary alicyclic amines) is 1. The Hall–Kier alpha value is -1.32. The van der Waals surface area contributed by atoms with Crippen LogP contribution in [0.1, 0.15) is 39.0 Å². The first-order chi connectivity index (χ1) is 8.09. The summed E-state index contributed by atoms with van der Waals surface area (Å²) in [5, 5.41) is 8.91.